The van der Waals surface area contributed by atoms with Gasteiger partial charge in [-0.3, -0.25) is 0 Å². The molecule has 1 unspecified atom stereocenters. The number of piperidine rings is 1. The molecule has 1 atom stereocenters. The molecule has 1 aromatic heterocycles. The highest BCUT2D eigenvalue weighted by Crippen LogP contribution is 2.17. The predicted molar refractivity (Wildman–Crippen MR) is 89.2 cm³/mol. The lowest BCUT2D eigenvalue weighted by Crippen LogP contribution is -2.49. The van der Waals surface area contributed by atoms with E-state index in [0.717, 1.165) is 32.4 Å². The molecule has 0 aromatic carbocycles. The fraction of sp³-hybridized carbons (Fsp3) is 0.750. The Bertz CT molecular complexity index is 496. The van der Waals surface area contributed by atoms with E-state index in [1.165, 1.54) is 9.88 Å². The Morgan fingerprint density at radius 3 is 2.95 bits per heavy atom. The summed E-state index contributed by atoms with van der Waals surface area (Å²) in [5.74, 6) is 0. The van der Waals surface area contributed by atoms with Crippen LogP contribution in [-0.2, 0) is 17.7 Å². The number of rotatable bonds is 4. The lowest BCUT2D eigenvalue weighted by molar-refractivity contribution is 0.0187. The Kier molecular flexibility index (Phi) is 5.81. The van der Waals surface area contributed by atoms with Gasteiger partial charge in [0.25, 0.3) is 0 Å². The molecule has 1 aliphatic heterocycles. The molecule has 0 radical (unpaired) electrons. The Balaban J connectivity index is 1.81. The van der Waals surface area contributed by atoms with Crippen LogP contribution in [0.1, 0.15) is 50.4 Å². The lowest BCUT2D eigenvalue weighted by Gasteiger charge is -2.34. The Hall–Kier alpha value is -1.14. The van der Waals surface area contributed by atoms with E-state index in [2.05, 4.69) is 17.2 Å². The van der Waals surface area contributed by atoms with Crippen molar-refractivity contribution in [2.75, 3.05) is 13.1 Å². The molecule has 1 aromatic rings. The van der Waals surface area contributed by atoms with Crippen LogP contribution in [0.25, 0.3) is 0 Å². The second-order valence-electron chi connectivity index (χ2n) is 6.72. The average molecular weight is 325 g/mol. The van der Waals surface area contributed by atoms with E-state index < -0.39 is 5.60 Å². The molecule has 0 saturated carbocycles. The summed E-state index contributed by atoms with van der Waals surface area (Å²) < 4.78 is 5.46. The second-order valence-corrected chi connectivity index (χ2v) is 7.92. The summed E-state index contributed by atoms with van der Waals surface area (Å²) in [7, 11) is 0. The van der Waals surface area contributed by atoms with E-state index in [9.17, 15) is 4.79 Å². The molecule has 1 saturated heterocycles. The third-order valence-electron chi connectivity index (χ3n) is 3.54. The summed E-state index contributed by atoms with van der Waals surface area (Å²) in [6.45, 7) is 10.2. The maximum atomic E-state index is 12.1. The molecule has 0 bridgehead atoms. The summed E-state index contributed by atoms with van der Waals surface area (Å²) in [6, 6.07) is 0.327. The second kappa shape index (κ2) is 7.42. The number of thiazole rings is 1. The monoisotopic (exact) mass is 325 g/mol. The first kappa shape index (κ1) is 17.2. The molecule has 2 rings (SSSR count). The van der Waals surface area contributed by atoms with Gasteiger partial charge >= 0.3 is 6.09 Å². The molecule has 1 N–H and O–H groups in total. The van der Waals surface area contributed by atoms with Crippen molar-refractivity contribution in [3.05, 3.63) is 16.1 Å². The minimum atomic E-state index is -0.434. The highest BCUT2D eigenvalue weighted by molar-refractivity contribution is 7.11. The molecule has 2 heterocycles. The topological polar surface area (TPSA) is 54.5 Å². The quantitative estimate of drug-likeness (QED) is 0.923. The van der Waals surface area contributed by atoms with Gasteiger partial charge in [-0.2, -0.15) is 0 Å². The van der Waals surface area contributed by atoms with Gasteiger partial charge in [-0.15, -0.1) is 11.3 Å². The zero-order valence-electron chi connectivity index (χ0n) is 14.0. The molecule has 5 nitrogen and oxygen atoms in total. The van der Waals surface area contributed by atoms with Crippen molar-refractivity contribution in [3.63, 3.8) is 0 Å². The highest BCUT2D eigenvalue weighted by atomic mass is 32.1. The number of aromatic nitrogens is 1. The first-order valence-electron chi connectivity index (χ1n) is 8.02. The fourth-order valence-corrected chi connectivity index (χ4v) is 3.29. The van der Waals surface area contributed by atoms with Gasteiger partial charge in [-0.25, -0.2) is 9.78 Å². The van der Waals surface area contributed by atoms with E-state index in [1.807, 2.05) is 31.9 Å². The van der Waals surface area contributed by atoms with Gasteiger partial charge in [0, 0.05) is 36.8 Å². The van der Waals surface area contributed by atoms with Crippen molar-refractivity contribution in [1.82, 2.24) is 15.2 Å². The number of likely N-dealkylation sites (tertiary alicyclic amines) is 1. The highest BCUT2D eigenvalue weighted by Gasteiger charge is 2.27. The summed E-state index contributed by atoms with van der Waals surface area (Å²) >= 11 is 1.76. The van der Waals surface area contributed by atoms with Gasteiger partial charge < -0.3 is 15.0 Å². The standard InChI is InChI=1S/C16H27N3O2S/c1-5-14-18-10-13(22-14)9-17-12-7-6-8-19(11-12)15(20)21-16(2,3)4/h10,12,17H,5-9,11H2,1-4H3. The summed E-state index contributed by atoms with van der Waals surface area (Å²) in [4.78, 5) is 19.6. The molecule has 0 spiro atoms. The molecule has 1 aliphatic rings. The average Bonchev–Trinajstić information content (AvgIpc) is 2.92. The van der Waals surface area contributed by atoms with Gasteiger partial charge in [0.05, 0.1) is 5.01 Å². The third kappa shape index (κ3) is 5.25. The van der Waals surface area contributed by atoms with Crippen molar-refractivity contribution < 1.29 is 9.53 Å². The van der Waals surface area contributed by atoms with Crippen LogP contribution in [0.5, 0.6) is 0 Å². The molecular weight excluding hydrogens is 298 g/mol. The smallest absolute Gasteiger partial charge is 0.410 e. The van der Waals surface area contributed by atoms with E-state index in [4.69, 9.17) is 4.74 Å². The molecule has 1 amide bonds. The van der Waals surface area contributed by atoms with E-state index in [0.29, 0.717) is 12.6 Å². The molecule has 6 heteroatoms. The maximum absolute atomic E-state index is 12.1. The molecular formula is C16H27N3O2S. The van der Waals surface area contributed by atoms with Gasteiger partial charge in [-0.1, -0.05) is 6.92 Å². The first-order valence-corrected chi connectivity index (χ1v) is 8.84. The number of amides is 1. The minimum Gasteiger partial charge on any atom is -0.444 e. The van der Waals surface area contributed by atoms with Crippen LogP contribution in [0.4, 0.5) is 4.79 Å². The number of nitrogens with one attached hydrogen (secondary N) is 1. The normalized spacial score (nSPS) is 19.3. The molecule has 124 valence electrons. The maximum Gasteiger partial charge on any atom is 0.410 e. The number of nitrogens with zero attached hydrogens (tertiary/aromatic N) is 2. The summed E-state index contributed by atoms with van der Waals surface area (Å²) in [6.07, 6.45) is 4.84. The van der Waals surface area contributed by atoms with Crippen LogP contribution in [0.2, 0.25) is 0 Å². The van der Waals surface area contributed by atoms with E-state index in [-0.39, 0.29) is 6.09 Å². The molecule has 1 fully saturated rings. The molecule has 0 aliphatic carbocycles. The van der Waals surface area contributed by atoms with Gasteiger partial charge in [0.1, 0.15) is 5.60 Å². The Labute approximate surface area is 137 Å². The Morgan fingerprint density at radius 2 is 2.32 bits per heavy atom. The zero-order valence-corrected chi connectivity index (χ0v) is 14.8. The minimum absolute atomic E-state index is 0.204. The van der Waals surface area contributed by atoms with Gasteiger partial charge in [0.15, 0.2) is 0 Å². The van der Waals surface area contributed by atoms with Crippen molar-refractivity contribution in [3.8, 4) is 0 Å². The summed E-state index contributed by atoms with van der Waals surface area (Å²) in [5.41, 5.74) is -0.434. The number of aryl methyl sites for hydroxylation is 1. The van der Waals surface area contributed by atoms with Crippen molar-refractivity contribution in [2.24, 2.45) is 0 Å². The van der Waals surface area contributed by atoms with Crippen molar-refractivity contribution in [2.45, 2.75) is 65.1 Å². The van der Waals surface area contributed by atoms with Crippen LogP contribution in [0.3, 0.4) is 0 Å². The largest absolute Gasteiger partial charge is 0.444 e. The summed E-state index contributed by atoms with van der Waals surface area (Å²) in [5, 5.41) is 4.72. The SMILES string of the molecule is CCc1ncc(CNC2CCCN(C(=O)OC(C)(C)C)C2)s1. The van der Waals surface area contributed by atoms with Gasteiger partial charge in [0.2, 0.25) is 0 Å². The number of carbonyl (C=O) groups excluding carboxylic acids is 1. The predicted octanol–water partition coefficient (Wildman–Crippen LogP) is 3.19. The fourth-order valence-electron chi connectivity index (χ4n) is 2.47. The van der Waals surface area contributed by atoms with Crippen LogP contribution < -0.4 is 5.32 Å². The van der Waals surface area contributed by atoms with E-state index in [1.54, 1.807) is 11.3 Å². The molecule has 22 heavy (non-hydrogen) atoms. The Morgan fingerprint density at radius 1 is 1.55 bits per heavy atom. The van der Waals surface area contributed by atoms with Crippen LogP contribution in [0, 0.1) is 0 Å². The number of hydrogen-bond donors (Lipinski definition) is 1. The number of carbonyl (C=O) groups is 1. The van der Waals surface area contributed by atoms with E-state index >= 15 is 0 Å². The van der Waals surface area contributed by atoms with Gasteiger partial charge in [-0.05, 0) is 40.0 Å². The number of hydrogen-bond acceptors (Lipinski definition) is 5. The van der Waals surface area contributed by atoms with Crippen LogP contribution in [-0.4, -0.2) is 40.7 Å². The number of ether oxygens (including phenoxy) is 1. The first-order chi connectivity index (χ1) is 10.4. The third-order valence-corrected chi connectivity index (χ3v) is 4.68. The van der Waals surface area contributed by atoms with Crippen molar-refractivity contribution >= 4 is 17.4 Å². The van der Waals surface area contributed by atoms with Crippen LogP contribution >= 0.6 is 11.3 Å². The van der Waals surface area contributed by atoms with Crippen LogP contribution in [0.15, 0.2) is 6.20 Å². The lowest BCUT2D eigenvalue weighted by atomic mass is 10.1. The zero-order chi connectivity index (χ0) is 16.2. The van der Waals surface area contributed by atoms with Crippen molar-refractivity contribution in [1.29, 1.82) is 0 Å².